The van der Waals surface area contributed by atoms with E-state index in [0.717, 1.165) is 6.42 Å². The number of rotatable bonds is 0. The molecular formula is C12H10IN. The van der Waals surface area contributed by atoms with Crippen LogP contribution in [0.3, 0.4) is 0 Å². The Morgan fingerprint density at radius 2 is 2.36 bits per heavy atom. The number of alkyl halides is 1. The maximum absolute atomic E-state index is 4.11. The molecule has 0 aromatic heterocycles. The third-order valence-electron chi connectivity index (χ3n) is 2.11. The molecule has 2 rings (SSSR count). The third-order valence-corrected chi connectivity index (χ3v) is 2.93. The van der Waals surface area contributed by atoms with Crippen molar-refractivity contribution in [2.45, 2.75) is 10.3 Å². The highest BCUT2D eigenvalue weighted by molar-refractivity contribution is 14.1. The molecule has 0 spiro atoms. The van der Waals surface area contributed by atoms with Crippen molar-refractivity contribution in [3.63, 3.8) is 0 Å². The molecule has 0 aromatic rings. The summed E-state index contributed by atoms with van der Waals surface area (Å²) in [5, 5.41) is 0. The van der Waals surface area contributed by atoms with Gasteiger partial charge in [-0.2, -0.15) is 0 Å². The van der Waals surface area contributed by atoms with Crippen LogP contribution in [0.4, 0.5) is 0 Å². The Kier molecular flexibility index (Phi) is 3.20. The second kappa shape index (κ2) is 4.61. The average Bonchev–Trinajstić information content (AvgIpc) is 2.30. The van der Waals surface area contributed by atoms with Gasteiger partial charge in [-0.1, -0.05) is 52.7 Å². The molecule has 2 atom stereocenters. The van der Waals surface area contributed by atoms with Gasteiger partial charge in [-0.15, -0.1) is 0 Å². The highest BCUT2D eigenvalue weighted by atomic mass is 127. The summed E-state index contributed by atoms with van der Waals surface area (Å²) in [6.07, 6.45) is 13.1. The van der Waals surface area contributed by atoms with Crippen LogP contribution in [-0.4, -0.2) is 10.1 Å². The van der Waals surface area contributed by atoms with E-state index < -0.39 is 0 Å². The first-order valence-electron chi connectivity index (χ1n) is 4.58. The summed E-state index contributed by atoms with van der Waals surface area (Å²) < 4.78 is 0.420. The van der Waals surface area contributed by atoms with E-state index in [2.05, 4.69) is 57.7 Å². The second-order valence-corrected chi connectivity index (χ2v) is 4.69. The van der Waals surface area contributed by atoms with Gasteiger partial charge < -0.3 is 0 Å². The van der Waals surface area contributed by atoms with Crippen LogP contribution in [0.25, 0.3) is 0 Å². The fourth-order valence-corrected chi connectivity index (χ4v) is 1.82. The van der Waals surface area contributed by atoms with E-state index in [9.17, 15) is 0 Å². The van der Waals surface area contributed by atoms with Crippen molar-refractivity contribution in [2.75, 3.05) is 0 Å². The molecule has 0 radical (unpaired) electrons. The van der Waals surface area contributed by atoms with E-state index in [1.54, 1.807) is 0 Å². The van der Waals surface area contributed by atoms with Crippen molar-refractivity contribution in [1.82, 2.24) is 0 Å². The number of hydrogen-bond donors (Lipinski definition) is 0. The number of aliphatic imine (C=N–C) groups is 1. The lowest BCUT2D eigenvalue weighted by atomic mass is 9.98. The van der Waals surface area contributed by atoms with Gasteiger partial charge in [0.05, 0.1) is 9.84 Å². The summed E-state index contributed by atoms with van der Waals surface area (Å²) in [5.41, 5.74) is 1.18. The van der Waals surface area contributed by atoms with Crippen molar-refractivity contribution in [3.8, 4) is 11.8 Å². The smallest absolute Gasteiger partial charge is 0.0753 e. The maximum Gasteiger partial charge on any atom is 0.0753 e. The summed E-state index contributed by atoms with van der Waals surface area (Å²) in [7, 11) is 0. The van der Waals surface area contributed by atoms with Crippen LogP contribution < -0.4 is 0 Å². The molecule has 0 amide bonds. The van der Waals surface area contributed by atoms with Crippen LogP contribution in [0.1, 0.15) is 6.42 Å². The number of halogens is 1. The third kappa shape index (κ3) is 2.36. The summed E-state index contributed by atoms with van der Waals surface area (Å²) in [6.45, 7) is 0. The molecule has 0 N–H and O–H groups in total. The van der Waals surface area contributed by atoms with Gasteiger partial charge in [0.15, 0.2) is 0 Å². The normalized spacial score (nSPS) is 35.1. The molecule has 2 heteroatoms. The Hall–Kier alpha value is -0.820. The zero-order valence-corrected chi connectivity index (χ0v) is 9.81. The molecule has 70 valence electrons. The van der Waals surface area contributed by atoms with Gasteiger partial charge in [-0.3, -0.25) is 4.99 Å². The predicted molar refractivity (Wildman–Crippen MR) is 68.5 cm³/mol. The van der Waals surface area contributed by atoms with Crippen molar-refractivity contribution in [3.05, 3.63) is 36.1 Å². The molecule has 1 nitrogen and oxygen atoms in total. The zero-order chi connectivity index (χ0) is 9.80. The van der Waals surface area contributed by atoms with Crippen molar-refractivity contribution >= 4 is 28.8 Å². The van der Waals surface area contributed by atoms with Crippen LogP contribution in [0.2, 0.25) is 0 Å². The van der Waals surface area contributed by atoms with Crippen molar-refractivity contribution in [2.24, 2.45) is 10.9 Å². The van der Waals surface area contributed by atoms with Crippen LogP contribution in [0.5, 0.6) is 0 Å². The lowest BCUT2D eigenvalue weighted by molar-refractivity contribution is 1.05. The zero-order valence-electron chi connectivity index (χ0n) is 7.65. The van der Waals surface area contributed by atoms with Crippen LogP contribution in [0, 0.1) is 17.8 Å². The Morgan fingerprint density at radius 3 is 3.29 bits per heavy atom. The van der Waals surface area contributed by atoms with E-state index in [4.69, 9.17) is 0 Å². The van der Waals surface area contributed by atoms with Gasteiger partial charge in [-0.05, 0) is 18.1 Å². The molecular weight excluding hydrogens is 285 g/mol. The fraction of sp³-hybridized carbons (Fsp3) is 0.250. The predicted octanol–water partition coefficient (Wildman–Crippen LogP) is 2.89. The minimum absolute atomic E-state index is 0.229. The summed E-state index contributed by atoms with van der Waals surface area (Å²) in [5.74, 6) is 6.75. The highest BCUT2D eigenvalue weighted by Gasteiger charge is 2.09. The minimum Gasteiger partial charge on any atom is -0.265 e. The molecule has 0 saturated heterocycles. The van der Waals surface area contributed by atoms with Crippen LogP contribution >= 0.6 is 22.6 Å². The molecule has 0 saturated carbocycles. The second-order valence-electron chi connectivity index (χ2n) is 3.18. The quantitative estimate of drug-likeness (QED) is 0.370. The molecule has 2 unspecified atom stereocenters. The molecule has 0 bridgehead atoms. The lowest BCUT2D eigenvalue weighted by Gasteiger charge is -2.08. The number of fused-ring (bicyclic) bond motifs is 1. The Morgan fingerprint density at radius 1 is 1.43 bits per heavy atom. The van der Waals surface area contributed by atoms with Crippen LogP contribution in [-0.2, 0) is 0 Å². The summed E-state index contributed by atoms with van der Waals surface area (Å²) in [6, 6.07) is 0. The Balaban J connectivity index is 2.33. The molecule has 2 aliphatic rings. The van der Waals surface area contributed by atoms with Gasteiger partial charge in [-0.25, -0.2) is 0 Å². The van der Waals surface area contributed by atoms with Crippen LogP contribution in [0.15, 0.2) is 41.1 Å². The first kappa shape index (κ1) is 9.72. The van der Waals surface area contributed by atoms with Gasteiger partial charge >= 0.3 is 0 Å². The first-order chi connectivity index (χ1) is 6.86. The number of hydrogen-bond acceptors (Lipinski definition) is 1. The molecule has 1 heterocycles. The monoisotopic (exact) mass is 295 g/mol. The molecule has 1 aliphatic heterocycles. The van der Waals surface area contributed by atoms with E-state index in [1.807, 2.05) is 18.5 Å². The first-order valence-corrected chi connectivity index (χ1v) is 5.82. The average molecular weight is 295 g/mol. The Labute approximate surface area is 97.8 Å². The van der Waals surface area contributed by atoms with E-state index in [1.165, 1.54) is 5.57 Å². The van der Waals surface area contributed by atoms with E-state index in [0.29, 0.717) is 3.92 Å². The lowest BCUT2D eigenvalue weighted by Crippen LogP contribution is -2.03. The SMILES string of the molecule is IC1C#CC2C=CN=C/C2=C/C=C/C1. The molecule has 14 heavy (non-hydrogen) atoms. The molecule has 0 aromatic carbocycles. The van der Waals surface area contributed by atoms with E-state index in [-0.39, 0.29) is 5.92 Å². The fourth-order valence-electron chi connectivity index (χ4n) is 1.35. The van der Waals surface area contributed by atoms with Gasteiger partial charge in [0.1, 0.15) is 0 Å². The highest BCUT2D eigenvalue weighted by Crippen LogP contribution is 2.17. The van der Waals surface area contributed by atoms with Gasteiger partial charge in [0, 0.05) is 12.4 Å². The molecule has 1 aliphatic carbocycles. The maximum atomic E-state index is 4.11. The molecule has 0 fully saturated rings. The number of allylic oxidation sites excluding steroid dienone is 5. The van der Waals surface area contributed by atoms with Gasteiger partial charge in [0.2, 0.25) is 0 Å². The largest absolute Gasteiger partial charge is 0.265 e. The van der Waals surface area contributed by atoms with Crippen molar-refractivity contribution < 1.29 is 0 Å². The van der Waals surface area contributed by atoms with Crippen molar-refractivity contribution in [1.29, 1.82) is 0 Å². The Bertz CT molecular complexity index is 390. The summed E-state index contributed by atoms with van der Waals surface area (Å²) in [4.78, 5) is 4.11. The van der Waals surface area contributed by atoms with E-state index >= 15 is 0 Å². The minimum atomic E-state index is 0.229. The standard InChI is InChI=1S/C12H10IN/c13-12-4-2-1-3-11-9-14-8-7-10(11)5-6-12/h1-3,7-10,12H,4H2/b2-1+,11-3-. The number of nitrogens with zero attached hydrogens (tertiary/aromatic N) is 1. The summed E-state index contributed by atoms with van der Waals surface area (Å²) >= 11 is 2.37. The van der Waals surface area contributed by atoms with Gasteiger partial charge in [0.25, 0.3) is 0 Å². The topological polar surface area (TPSA) is 12.4 Å².